The number of carbonyl (C=O) groups is 4. The maximum atomic E-state index is 12.6. The van der Waals surface area contributed by atoms with Crippen molar-refractivity contribution >= 4 is 46.0 Å². The van der Waals surface area contributed by atoms with Gasteiger partial charge < -0.3 is 34.3 Å². The van der Waals surface area contributed by atoms with Gasteiger partial charge in [0.1, 0.15) is 0 Å². The zero-order valence-corrected chi connectivity index (χ0v) is 24.5. The van der Waals surface area contributed by atoms with Gasteiger partial charge in [-0.25, -0.2) is 15.0 Å². The molecule has 13 nitrogen and oxygen atoms in total. The van der Waals surface area contributed by atoms with Crippen LogP contribution in [-0.2, 0) is 19.1 Å². The normalized spacial score (nSPS) is 14.6. The Morgan fingerprint density at radius 2 is 1.83 bits per heavy atom. The van der Waals surface area contributed by atoms with Crippen LogP contribution in [0.2, 0.25) is 0 Å². The number of hydrogen-bond acceptors (Lipinski definition) is 10. The van der Waals surface area contributed by atoms with Crippen LogP contribution in [0.4, 0.5) is 4.79 Å². The van der Waals surface area contributed by atoms with E-state index in [0.29, 0.717) is 27.0 Å². The van der Waals surface area contributed by atoms with Gasteiger partial charge in [0.15, 0.2) is 29.6 Å². The summed E-state index contributed by atoms with van der Waals surface area (Å²) in [7, 11) is 2.85. The largest absolute Gasteiger partial charge is 0.493 e. The van der Waals surface area contributed by atoms with E-state index in [9.17, 15) is 19.2 Å². The van der Waals surface area contributed by atoms with Crippen molar-refractivity contribution in [1.29, 1.82) is 0 Å². The maximum Gasteiger partial charge on any atom is 0.338 e. The first kappa shape index (κ1) is 30.9. The summed E-state index contributed by atoms with van der Waals surface area (Å²) in [5, 5.41) is 9.21. The average molecular weight is 633 g/mol. The van der Waals surface area contributed by atoms with Gasteiger partial charge in [0.05, 0.1) is 43.1 Å². The molecule has 41 heavy (non-hydrogen) atoms. The molecule has 3 N–H and O–H groups in total. The van der Waals surface area contributed by atoms with Crippen molar-refractivity contribution in [2.45, 2.75) is 26.8 Å². The minimum atomic E-state index is -0.787. The van der Waals surface area contributed by atoms with Crippen LogP contribution < -0.4 is 35.0 Å². The fraction of sp³-hybridized carbons (Fsp3) is 0.296. The lowest BCUT2D eigenvalue weighted by Crippen LogP contribution is -2.45. The number of esters is 2. The number of hydrazone groups is 1. The molecule has 1 atom stereocenters. The summed E-state index contributed by atoms with van der Waals surface area (Å²) in [5.41, 5.74) is 4.09. The molecular weight excluding hydrogens is 604 g/mol. The van der Waals surface area contributed by atoms with Crippen LogP contribution in [0.25, 0.3) is 0 Å². The number of benzene rings is 2. The first-order valence-corrected chi connectivity index (χ1v) is 13.0. The highest BCUT2D eigenvalue weighted by Crippen LogP contribution is 2.37. The summed E-state index contributed by atoms with van der Waals surface area (Å²) in [4.78, 5) is 48.3. The fourth-order valence-corrected chi connectivity index (χ4v) is 4.36. The molecule has 0 saturated heterocycles. The summed E-state index contributed by atoms with van der Waals surface area (Å²) in [6, 6.07) is 6.75. The first-order chi connectivity index (χ1) is 19.6. The molecule has 218 valence electrons. The van der Waals surface area contributed by atoms with Crippen molar-refractivity contribution in [2.24, 2.45) is 5.10 Å². The molecule has 0 bridgehead atoms. The molecule has 3 amide bonds. The van der Waals surface area contributed by atoms with E-state index in [1.807, 2.05) is 0 Å². The number of halogens is 1. The number of nitrogens with zero attached hydrogens (tertiary/aromatic N) is 1. The quantitative estimate of drug-likeness (QED) is 0.146. The van der Waals surface area contributed by atoms with Crippen molar-refractivity contribution in [3.8, 4) is 23.0 Å². The van der Waals surface area contributed by atoms with Crippen molar-refractivity contribution in [3.63, 3.8) is 0 Å². The maximum absolute atomic E-state index is 12.6. The topological polar surface area (TPSA) is 163 Å². The molecule has 1 heterocycles. The Kier molecular flexibility index (Phi) is 10.7. The molecule has 0 aromatic heterocycles. The average Bonchev–Trinajstić information content (AvgIpc) is 2.92. The monoisotopic (exact) mass is 632 g/mol. The molecule has 0 spiro atoms. The summed E-state index contributed by atoms with van der Waals surface area (Å²) in [6.07, 6.45) is 1.38. The summed E-state index contributed by atoms with van der Waals surface area (Å²) < 4.78 is 27.0. The van der Waals surface area contributed by atoms with Crippen LogP contribution in [0.15, 0.2) is 51.2 Å². The standard InChI is InChI=1S/C27H29BrN4O9/c1-6-39-26(35)23-14(2)30-27(36)31-24(23)17-7-8-19(20(11-17)37-4)40-13-22(34)32-29-12-16-9-18(28)25(41-15(3)33)21(10-16)38-5/h7-12,24H,6,13H2,1-5H3,(H,32,34)(H2,30,31,36)/b29-12+/t24-/m1/s1. The van der Waals surface area contributed by atoms with Gasteiger partial charge in [-0.15, -0.1) is 0 Å². The van der Waals surface area contributed by atoms with Gasteiger partial charge in [0, 0.05) is 12.6 Å². The van der Waals surface area contributed by atoms with Gasteiger partial charge in [0.2, 0.25) is 0 Å². The molecule has 2 aromatic rings. The molecule has 1 aliphatic rings. The number of carbonyl (C=O) groups excluding carboxylic acids is 4. The fourth-order valence-electron chi connectivity index (χ4n) is 3.82. The summed E-state index contributed by atoms with van der Waals surface area (Å²) in [6.45, 7) is 4.36. The summed E-state index contributed by atoms with van der Waals surface area (Å²) in [5.74, 6) is -0.573. The third-order valence-electron chi connectivity index (χ3n) is 5.54. The molecule has 0 saturated carbocycles. The Hall–Kier alpha value is -4.59. The molecule has 1 aliphatic heterocycles. The first-order valence-electron chi connectivity index (χ1n) is 12.2. The molecular formula is C27H29BrN4O9. The predicted octanol–water partition coefficient (Wildman–Crippen LogP) is 3.11. The SMILES string of the molecule is CCOC(=O)C1=C(C)NC(=O)N[C@@H]1c1ccc(OCC(=O)N/N=C/c2cc(Br)c(OC(C)=O)c(OC)c2)c(OC)c1. The number of hydrogen-bond donors (Lipinski definition) is 3. The highest BCUT2D eigenvalue weighted by atomic mass is 79.9. The number of rotatable bonds is 11. The highest BCUT2D eigenvalue weighted by molar-refractivity contribution is 9.10. The van der Waals surface area contributed by atoms with E-state index in [-0.39, 0.29) is 36.0 Å². The van der Waals surface area contributed by atoms with Crippen molar-refractivity contribution in [1.82, 2.24) is 16.1 Å². The van der Waals surface area contributed by atoms with Gasteiger partial charge in [0.25, 0.3) is 5.91 Å². The van der Waals surface area contributed by atoms with Gasteiger partial charge in [-0.1, -0.05) is 6.07 Å². The van der Waals surface area contributed by atoms with E-state index >= 15 is 0 Å². The molecule has 0 fully saturated rings. The molecule has 0 unspecified atom stereocenters. The summed E-state index contributed by atoms with van der Waals surface area (Å²) >= 11 is 3.32. The van der Waals surface area contributed by atoms with Gasteiger partial charge in [-0.05, 0) is 65.2 Å². The Morgan fingerprint density at radius 1 is 1.10 bits per heavy atom. The van der Waals surface area contributed by atoms with Crippen molar-refractivity contribution in [3.05, 3.63) is 57.2 Å². The number of methoxy groups -OCH3 is 2. The minimum Gasteiger partial charge on any atom is -0.493 e. The van der Waals surface area contributed by atoms with Crippen LogP contribution in [0, 0.1) is 0 Å². The molecule has 2 aromatic carbocycles. The van der Waals surface area contributed by atoms with Crippen LogP contribution >= 0.6 is 15.9 Å². The Balaban J connectivity index is 1.68. The zero-order valence-electron chi connectivity index (χ0n) is 23.0. The molecule has 0 aliphatic carbocycles. The minimum absolute atomic E-state index is 0.173. The third-order valence-corrected chi connectivity index (χ3v) is 6.13. The van der Waals surface area contributed by atoms with Crippen LogP contribution in [0.3, 0.4) is 0 Å². The number of nitrogens with one attached hydrogen (secondary N) is 3. The van der Waals surface area contributed by atoms with Gasteiger partial charge in [-0.2, -0.15) is 5.10 Å². The van der Waals surface area contributed by atoms with Crippen LogP contribution in [0.5, 0.6) is 23.0 Å². The molecule has 0 radical (unpaired) electrons. The Bertz CT molecular complexity index is 1410. The predicted molar refractivity (Wildman–Crippen MR) is 150 cm³/mol. The Morgan fingerprint density at radius 3 is 2.49 bits per heavy atom. The third kappa shape index (κ3) is 7.97. The number of urea groups is 1. The van der Waals surface area contributed by atoms with Crippen molar-refractivity contribution in [2.75, 3.05) is 27.4 Å². The smallest absolute Gasteiger partial charge is 0.338 e. The molecule has 14 heteroatoms. The van der Waals surface area contributed by atoms with E-state index in [1.54, 1.807) is 44.2 Å². The van der Waals surface area contributed by atoms with Crippen LogP contribution in [0.1, 0.15) is 37.9 Å². The van der Waals surface area contributed by atoms with Gasteiger partial charge >= 0.3 is 18.0 Å². The van der Waals surface area contributed by atoms with E-state index in [4.69, 9.17) is 23.7 Å². The number of amides is 3. The lowest BCUT2D eigenvalue weighted by molar-refractivity contribution is -0.139. The second kappa shape index (κ2) is 14.2. The van der Waals surface area contributed by atoms with E-state index < -0.39 is 29.9 Å². The van der Waals surface area contributed by atoms with Crippen molar-refractivity contribution < 1.29 is 42.9 Å². The molecule has 3 rings (SSSR count). The lowest BCUT2D eigenvalue weighted by atomic mass is 9.95. The zero-order chi connectivity index (χ0) is 30.1. The van der Waals surface area contributed by atoms with E-state index in [0.717, 1.165) is 0 Å². The van der Waals surface area contributed by atoms with E-state index in [2.05, 4.69) is 37.1 Å². The highest BCUT2D eigenvalue weighted by Gasteiger charge is 2.32. The van der Waals surface area contributed by atoms with Crippen LogP contribution in [-0.4, -0.2) is 57.5 Å². The number of ether oxygens (including phenoxy) is 5. The second-order valence-corrected chi connectivity index (χ2v) is 9.26. The van der Waals surface area contributed by atoms with E-state index in [1.165, 1.54) is 27.4 Å². The van der Waals surface area contributed by atoms with Gasteiger partial charge in [-0.3, -0.25) is 9.59 Å². The second-order valence-electron chi connectivity index (χ2n) is 8.41. The number of allylic oxidation sites excluding steroid dienone is 1. The Labute approximate surface area is 244 Å². The lowest BCUT2D eigenvalue weighted by Gasteiger charge is -2.28.